The van der Waals surface area contributed by atoms with Crippen LogP contribution in [0.25, 0.3) is 0 Å². The highest BCUT2D eigenvalue weighted by Crippen LogP contribution is 2.33. The summed E-state index contributed by atoms with van der Waals surface area (Å²) >= 11 is 2.03. The largest absolute Gasteiger partial charge is 0.314 e. The summed E-state index contributed by atoms with van der Waals surface area (Å²) in [6.45, 7) is 4.74. The van der Waals surface area contributed by atoms with Gasteiger partial charge in [0.05, 0.1) is 11.1 Å². The maximum Gasteiger partial charge on any atom is 0.262 e. The van der Waals surface area contributed by atoms with Crippen LogP contribution in [0, 0.1) is 0 Å². The zero-order chi connectivity index (χ0) is 20.1. The van der Waals surface area contributed by atoms with E-state index in [4.69, 9.17) is 0 Å². The fourth-order valence-corrected chi connectivity index (χ4v) is 5.89. The molecule has 1 aromatic rings. The van der Waals surface area contributed by atoms with Crippen molar-refractivity contribution in [3.05, 3.63) is 34.9 Å². The number of hydrogen-bond acceptors (Lipinski definition) is 7. The van der Waals surface area contributed by atoms with Gasteiger partial charge in [0.1, 0.15) is 6.04 Å². The molecule has 29 heavy (non-hydrogen) atoms. The smallest absolute Gasteiger partial charge is 0.262 e. The molecule has 2 N–H and O–H groups in total. The van der Waals surface area contributed by atoms with Gasteiger partial charge in [-0.1, -0.05) is 12.1 Å². The van der Waals surface area contributed by atoms with Gasteiger partial charge in [-0.2, -0.15) is 0 Å². The van der Waals surface area contributed by atoms with Crippen LogP contribution in [-0.4, -0.2) is 76.1 Å². The number of nitrogens with zero attached hydrogens (tertiary/aromatic N) is 2. The molecule has 3 saturated heterocycles. The molecule has 8 nitrogen and oxygen atoms in total. The summed E-state index contributed by atoms with van der Waals surface area (Å²) in [7, 11) is 0. The lowest BCUT2D eigenvalue weighted by molar-refractivity contribution is -0.136. The van der Waals surface area contributed by atoms with Gasteiger partial charge < -0.3 is 5.32 Å². The maximum absolute atomic E-state index is 13.1. The van der Waals surface area contributed by atoms with Gasteiger partial charge in [0.25, 0.3) is 11.8 Å². The Kier molecular flexibility index (Phi) is 4.68. The monoisotopic (exact) mass is 414 g/mol. The van der Waals surface area contributed by atoms with E-state index in [-0.39, 0.29) is 18.7 Å². The molecule has 4 amide bonds. The molecule has 0 spiro atoms. The molecule has 4 heterocycles. The Balaban J connectivity index is 1.30. The molecule has 0 saturated carbocycles. The molecular formula is C20H22N4O4S. The second-order valence-electron chi connectivity index (χ2n) is 8.02. The first kappa shape index (κ1) is 18.8. The van der Waals surface area contributed by atoms with Crippen LogP contribution in [0.2, 0.25) is 0 Å². The molecule has 3 fully saturated rings. The average molecular weight is 414 g/mol. The van der Waals surface area contributed by atoms with Crippen molar-refractivity contribution in [1.82, 2.24) is 20.4 Å². The Bertz CT molecular complexity index is 910. The Hall–Kier alpha value is -2.23. The molecule has 0 bridgehead atoms. The fraction of sp³-hybridized carbons (Fsp3) is 0.500. The SMILES string of the molecule is O=C1CCC(N2C(=O)c3cccc(CN4CC(SC5CNC5)C4)c3C2=O)C(=O)N1. The van der Waals surface area contributed by atoms with Crippen molar-refractivity contribution >= 4 is 35.4 Å². The van der Waals surface area contributed by atoms with Crippen LogP contribution in [0.15, 0.2) is 18.2 Å². The number of benzene rings is 1. The molecule has 1 aromatic carbocycles. The molecular weight excluding hydrogens is 392 g/mol. The van der Waals surface area contributed by atoms with Crippen molar-refractivity contribution < 1.29 is 19.2 Å². The van der Waals surface area contributed by atoms with Gasteiger partial charge >= 0.3 is 0 Å². The van der Waals surface area contributed by atoms with E-state index in [2.05, 4.69) is 15.5 Å². The van der Waals surface area contributed by atoms with E-state index >= 15 is 0 Å². The lowest BCUT2D eigenvalue weighted by atomic mass is 10.0. The first-order valence-corrected chi connectivity index (χ1v) is 10.9. The van der Waals surface area contributed by atoms with Gasteiger partial charge in [-0.05, 0) is 18.1 Å². The van der Waals surface area contributed by atoms with Gasteiger partial charge in [-0.15, -0.1) is 11.8 Å². The summed E-state index contributed by atoms with van der Waals surface area (Å²) in [5.74, 6) is -1.82. The summed E-state index contributed by atoms with van der Waals surface area (Å²) in [6.07, 6.45) is 0.298. The second-order valence-corrected chi connectivity index (χ2v) is 9.62. The molecule has 0 radical (unpaired) electrons. The minimum Gasteiger partial charge on any atom is -0.314 e. The van der Waals surface area contributed by atoms with Gasteiger partial charge in [-0.25, -0.2) is 0 Å². The van der Waals surface area contributed by atoms with Crippen molar-refractivity contribution in [3.8, 4) is 0 Å². The fourth-order valence-electron chi connectivity index (χ4n) is 4.33. The highest BCUT2D eigenvalue weighted by atomic mass is 32.2. The Labute approximate surface area is 172 Å². The number of hydrogen-bond donors (Lipinski definition) is 2. The van der Waals surface area contributed by atoms with E-state index in [9.17, 15) is 19.2 Å². The molecule has 1 atom stereocenters. The number of carbonyl (C=O) groups is 4. The number of rotatable bonds is 5. The Morgan fingerprint density at radius 2 is 1.83 bits per heavy atom. The number of likely N-dealkylation sites (tertiary alicyclic amines) is 1. The van der Waals surface area contributed by atoms with E-state index in [1.807, 2.05) is 17.8 Å². The van der Waals surface area contributed by atoms with Crippen LogP contribution in [0.1, 0.15) is 39.1 Å². The Morgan fingerprint density at radius 3 is 2.52 bits per heavy atom. The van der Waals surface area contributed by atoms with E-state index < -0.39 is 23.8 Å². The lowest BCUT2D eigenvalue weighted by Gasteiger charge is -2.42. The van der Waals surface area contributed by atoms with Crippen molar-refractivity contribution in [3.63, 3.8) is 0 Å². The molecule has 0 aliphatic carbocycles. The van der Waals surface area contributed by atoms with E-state index in [0.29, 0.717) is 28.2 Å². The van der Waals surface area contributed by atoms with Crippen molar-refractivity contribution in [2.24, 2.45) is 0 Å². The van der Waals surface area contributed by atoms with E-state index in [1.165, 1.54) is 0 Å². The molecule has 4 aliphatic rings. The zero-order valence-corrected chi connectivity index (χ0v) is 16.7. The average Bonchev–Trinajstić information content (AvgIpc) is 2.87. The molecule has 152 valence electrons. The van der Waals surface area contributed by atoms with Crippen LogP contribution in [0.5, 0.6) is 0 Å². The first-order chi connectivity index (χ1) is 14.0. The quantitative estimate of drug-likeness (QED) is 0.653. The highest BCUT2D eigenvalue weighted by Gasteiger charge is 2.45. The third-order valence-electron chi connectivity index (χ3n) is 6.00. The summed E-state index contributed by atoms with van der Waals surface area (Å²) in [5, 5.41) is 6.85. The maximum atomic E-state index is 13.1. The zero-order valence-electron chi connectivity index (χ0n) is 15.8. The van der Waals surface area contributed by atoms with Gasteiger partial charge in [-0.3, -0.25) is 34.3 Å². The summed E-state index contributed by atoms with van der Waals surface area (Å²) < 4.78 is 0. The molecule has 1 unspecified atom stereocenters. The minimum absolute atomic E-state index is 0.125. The number of amides is 4. The third kappa shape index (κ3) is 3.27. The number of nitrogens with one attached hydrogen (secondary N) is 2. The van der Waals surface area contributed by atoms with Crippen LogP contribution in [0.4, 0.5) is 0 Å². The normalized spacial score (nSPS) is 25.7. The van der Waals surface area contributed by atoms with E-state index in [1.54, 1.807) is 12.1 Å². The second kappa shape index (κ2) is 7.23. The highest BCUT2D eigenvalue weighted by molar-refractivity contribution is 8.00. The van der Waals surface area contributed by atoms with E-state index in [0.717, 1.165) is 36.6 Å². The summed E-state index contributed by atoms with van der Waals surface area (Å²) in [6, 6.07) is 4.39. The molecule has 9 heteroatoms. The number of fused-ring (bicyclic) bond motifs is 1. The molecule has 5 rings (SSSR count). The molecule has 0 aromatic heterocycles. The standard InChI is InChI=1S/C20H22N4O4S/c25-16-5-4-15(18(26)22-16)24-19(27)14-3-1-2-11(17(14)20(24)28)8-23-9-13(10-23)29-12-6-21-7-12/h1-3,12-13,15,21H,4-10H2,(H,22,25,26). The minimum atomic E-state index is -0.922. The lowest BCUT2D eigenvalue weighted by Crippen LogP contribution is -2.54. The van der Waals surface area contributed by atoms with Gasteiger partial charge in [0.15, 0.2) is 0 Å². The van der Waals surface area contributed by atoms with Gasteiger partial charge in [0.2, 0.25) is 11.8 Å². The Morgan fingerprint density at radius 1 is 1.03 bits per heavy atom. The third-order valence-corrected chi connectivity index (χ3v) is 7.40. The first-order valence-electron chi connectivity index (χ1n) is 9.93. The number of piperidine rings is 1. The van der Waals surface area contributed by atoms with Crippen LogP contribution < -0.4 is 10.6 Å². The summed E-state index contributed by atoms with van der Waals surface area (Å²) in [5.41, 5.74) is 1.58. The number of thioether (sulfide) groups is 1. The van der Waals surface area contributed by atoms with Crippen molar-refractivity contribution in [1.29, 1.82) is 0 Å². The number of imide groups is 2. The van der Waals surface area contributed by atoms with Crippen LogP contribution in [0.3, 0.4) is 0 Å². The van der Waals surface area contributed by atoms with Crippen LogP contribution in [-0.2, 0) is 16.1 Å². The predicted molar refractivity (Wildman–Crippen MR) is 106 cm³/mol. The predicted octanol–water partition coefficient (Wildman–Crippen LogP) is -0.0230. The van der Waals surface area contributed by atoms with Gasteiger partial charge in [0, 0.05) is 49.6 Å². The van der Waals surface area contributed by atoms with Crippen molar-refractivity contribution in [2.75, 3.05) is 26.2 Å². The van der Waals surface area contributed by atoms with Crippen LogP contribution >= 0.6 is 11.8 Å². The topological polar surface area (TPSA) is 98.8 Å². The summed E-state index contributed by atoms with van der Waals surface area (Å²) in [4.78, 5) is 52.9. The number of carbonyl (C=O) groups excluding carboxylic acids is 4. The van der Waals surface area contributed by atoms with Crippen molar-refractivity contribution in [2.45, 2.75) is 35.9 Å². The molecule has 4 aliphatic heterocycles.